The van der Waals surface area contributed by atoms with Gasteiger partial charge in [0, 0.05) is 39.3 Å². The molecule has 1 aliphatic heterocycles. The summed E-state index contributed by atoms with van der Waals surface area (Å²) in [5, 5.41) is 9.90. The number of rotatable bonds is 5. The predicted molar refractivity (Wildman–Crippen MR) is 80.4 cm³/mol. The van der Waals surface area contributed by atoms with Gasteiger partial charge in [0.2, 0.25) is 0 Å². The van der Waals surface area contributed by atoms with Crippen molar-refractivity contribution in [2.24, 2.45) is 0 Å². The average molecular weight is 317 g/mol. The van der Waals surface area contributed by atoms with Gasteiger partial charge in [0.1, 0.15) is 0 Å². The van der Waals surface area contributed by atoms with Crippen LogP contribution in [0.4, 0.5) is 0 Å². The number of carboxylic acids is 1. The zero-order valence-electron chi connectivity index (χ0n) is 11.2. The van der Waals surface area contributed by atoms with Crippen LogP contribution in [0, 0.1) is 0 Å². The van der Waals surface area contributed by atoms with Crippen LogP contribution in [0.15, 0.2) is 18.2 Å². The number of benzene rings is 1. The van der Waals surface area contributed by atoms with Gasteiger partial charge < -0.3 is 10.0 Å². The quantitative estimate of drug-likeness (QED) is 0.906. The van der Waals surface area contributed by atoms with E-state index in [1.165, 1.54) is 0 Å². The number of hydrogen-bond acceptors (Lipinski definition) is 3. The highest BCUT2D eigenvalue weighted by Gasteiger charge is 2.18. The lowest BCUT2D eigenvalue weighted by Crippen LogP contribution is -2.46. The van der Waals surface area contributed by atoms with Crippen molar-refractivity contribution < 1.29 is 9.90 Å². The molecular formula is C14H18Cl2N2O2. The molecule has 4 nitrogen and oxygen atoms in total. The van der Waals surface area contributed by atoms with Crippen LogP contribution in [0.1, 0.15) is 12.0 Å². The third-order valence-electron chi connectivity index (χ3n) is 3.53. The highest BCUT2D eigenvalue weighted by molar-refractivity contribution is 6.42. The molecule has 1 aromatic carbocycles. The third-order valence-corrected chi connectivity index (χ3v) is 4.39. The van der Waals surface area contributed by atoms with Crippen molar-refractivity contribution in [2.75, 3.05) is 32.7 Å². The summed E-state index contributed by atoms with van der Waals surface area (Å²) in [6, 6.07) is 5.69. The smallest absolute Gasteiger partial charge is 0.304 e. The molecule has 0 aromatic heterocycles. The molecule has 110 valence electrons. The second kappa shape index (κ2) is 7.27. The Morgan fingerprint density at radius 3 is 2.45 bits per heavy atom. The average Bonchev–Trinajstić information content (AvgIpc) is 2.43. The maximum absolute atomic E-state index is 10.6. The fourth-order valence-electron chi connectivity index (χ4n) is 2.34. The second-order valence-corrected chi connectivity index (χ2v) is 5.76. The van der Waals surface area contributed by atoms with Crippen molar-refractivity contribution in [2.45, 2.75) is 13.0 Å². The van der Waals surface area contributed by atoms with E-state index in [-0.39, 0.29) is 6.42 Å². The zero-order valence-corrected chi connectivity index (χ0v) is 12.7. The van der Waals surface area contributed by atoms with E-state index in [0.717, 1.165) is 38.3 Å². The molecule has 0 unspecified atom stereocenters. The Morgan fingerprint density at radius 1 is 1.15 bits per heavy atom. The van der Waals surface area contributed by atoms with E-state index in [2.05, 4.69) is 9.80 Å². The summed E-state index contributed by atoms with van der Waals surface area (Å²) in [5.74, 6) is -0.738. The molecule has 1 aliphatic rings. The minimum absolute atomic E-state index is 0.208. The normalized spacial score (nSPS) is 17.3. The SMILES string of the molecule is O=C(O)CCN1CCN(Cc2cccc(Cl)c2Cl)CC1. The van der Waals surface area contributed by atoms with Crippen LogP contribution in [-0.2, 0) is 11.3 Å². The standard InChI is InChI=1S/C14H18Cl2N2O2/c15-12-3-1-2-11(14(12)16)10-18-8-6-17(7-9-18)5-4-13(19)20/h1-3H,4-10H2,(H,19,20). The van der Waals surface area contributed by atoms with Crippen LogP contribution in [0.2, 0.25) is 10.0 Å². The van der Waals surface area contributed by atoms with Crippen molar-refractivity contribution >= 4 is 29.2 Å². The summed E-state index contributed by atoms with van der Waals surface area (Å²) in [7, 11) is 0. The fourth-order valence-corrected chi connectivity index (χ4v) is 2.72. The van der Waals surface area contributed by atoms with Gasteiger partial charge in [-0.3, -0.25) is 9.69 Å². The second-order valence-electron chi connectivity index (χ2n) is 4.97. The van der Waals surface area contributed by atoms with Crippen molar-refractivity contribution in [3.63, 3.8) is 0 Å². The number of carbonyl (C=O) groups is 1. The molecule has 1 fully saturated rings. The molecule has 20 heavy (non-hydrogen) atoms. The molecule has 0 saturated carbocycles. The fraction of sp³-hybridized carbons (Fsp3) is 0.500. The monoisotopic (exact) mass is 316 g/mol. The lowest BCUT2D eigenvalue weighted by atomic mass is 10.2. The van der Waals surface area contributed by atoms with Crippen molar-refractivity contribution in [1.29, 1.82) is 0 Å². The molecule has 1 saturated heterocycles. The number of halogens is 2. The molecule has 1 heterocycles. The van der Waals surface area contributed by atoms with E-state index in [9.17, 15) is 4.79 Å². The van der Waals surface area contributed by atoms with Crippen molar-refractivity contribution in [1.82, 2.24) is 9.80 Å². The van der Waals surface area contributed by atoms with Crippen molar-refractivity contribution in [3.8, 4) is 0 Å². The summed E-state index contributed by atoms with van der Waals surface area (Å²) < 4.78 is 0. The zero-order chi connectivity index (χ0) is 14.5. The Balaban J connectivity index is 1.82. The molecular weight excluding hydrogens is 299 g/mol. The van der Waals surface area contributed by atoms with Gasteiger partial charge in [-0.05, 0) is 11.6 Å². The van der Waals surface area contributed by atoms with E-state index in [1.807, 2.05) is 12.1 Å². The van der Waals surface area contributed by atoms with Crippen LogP contribution in [-0.4, -0.2) is 53.6 Å². The summed E-state index contributed by atoms with van der Waals surface area (Å²) in [5.41, 5.74) is 1.04. The van der Waals surface area contributed by atoms with Crippen LogP contribution < -0.4 is 0 Å². The van der Waals surface area contributed by atoms with Crippen LogP contribution in [0.3, 0.4) is 0 Å². The summed E-state index contributed by atoms with van der Waals surface area (Å²) in [6.45, 7) is 5.04. The summed E-state index contributed by atoms with van der Waals surface area (Å²) in [6.07, 6.45) is 0.208. The van der Waals surface area contributed by atoms with Gasteiger partial charge in [0.25, 0.3) is 0 Å². The van der Waals surface area contributed by atoms with Gasteiger partial charge in [0.05, 0.1) is 16.5 Å². The maximum atomic E-state index is 10.6. The van der Waals surface area contributed by atoms with Crippen LogP contribution >= 0.6 is 23.2 Å². The van der Waals surface area contributed by atoms with Gasteiger partial charge in [-0.1, -0.05) is 35.3 Å². The lowest BCUT2D eigenvalue weighted by molar-refractivity contribution is -0.137. The maximum Gasteiger partial charge on any atom is 0.304 e. The van der Waals surface area contributed by atoms with Crippen molar-refractivity contribution in [3.05, 3.63) is 33.8 Å². The first kappa shape index (κ1) is 15.6. The molecule has 0 bridgehead atoms. The topological polar surface area (TPSA) is 43.8 Å². The summed E-state index contributed by atoms with van der Waals surface area (Å²) in [4.78, 5) is 15.1. The molecule has 0 radical (unpaired) electrons. The summed E-state index contributed by atoms with van der Waals surface area (Å²) >= 11 is 12.2. The molecule has 0 atom stereocenters. The van der Waals surface area contributed by atoms with Gasteiger partial charge in [-0.15, -0.1) is 0 Å². The Kier molecular flexibility index (Phi) is 5.66. The molecule has 1 aromatic rings. The van der Waals surface area contributed by atoms with Crippen LogP contribution in [0.25, 0.3) is 0 Å². The number of piperazine rings is 1. The minimum atomic E-state index is -0.738. The third kappa shape index (κ3) is 4.35. The van der Waals surface area contributed by atoms with E-state index in [4.69, 9.17) is 28.3 Å². The highest BCUT2D eigenvalue weighted by Crippen LogP contribution is 2.26. The molecule has 0 amide bonds. The molecule has 1 N–H and O–H groups in total. The Labute approximate surface area is 128 Å². The van der Waals surface area contributed by atoms with E-state index in [1.54, 1.807) is 6.07 Å². The Morgan fingerprint density at radius 2 is 1.80 bits per heavy atom. The minimum Gasteiger partial charge on any atom is -0.481 e. The predicted octanol–water partition coefficient (Wildman–Crippen LogP) is 2.59. The Bertz CT molecular complexity index is 474. The van der Waals surface area contributed by atoms with Gasteiger partial charge in [0.15, 0.2) is 0 Å². The van der Waals surface area contributed by atoms with Gasteiger partial charge in [-0.25, -0.2) is 0 Å². The first-order valence-corrected chi connectivity index (χ1v) is 7.41. The van der Waals surface area contributed by atoms with E-state index in [0.29, 0.717) is 16.6 Å². The number of aliphatic carboxylic acids is 1. The van der Waals surface area contributed by atoms with Crippen LogP contribution in [0.5, 0.6) is 0 Å². The number of nitrogens with zero attached hydrogens (tertiary/aromatic N) is 2. The number of carboxylic acid groups (broad SMARTS) is 1. The lowest BCUT2D eigenvalue weighted by Gasteiger charge is -2.34. The first-order chi connectivity index (χ1) is 9.56. The Hall–Kier alpha value is -0.810. The first-order valence-electron chi connectivity index (χ1n) is 6.65. The highest BCUT2D eigenvalue weighted by atomic mass is 35.5. The molecule has 2 rings (SSSR count). The van der Waals surface area contributed by atoms with Gasteiger partial charge in [-0.2, -0.15) is 0 Å². The molecule has 6 heteroatoms. The number of hydrogen-bond donors (Lipinski definition) is 1. The largest absolute Gasteiger partial charge is 0.481 e. The molecule has 0 aliphatic carbocycles. The molecule has 0 spiro atoms. The van der Waals surface area contributed by atoms with E-state index < -0.39 is 5.97 Å². The van der Waals surface area contributed by atoms with E-state index >= 15 is 0 Å². The van der Waals surface area contributed by atoms with Gasteiger partial charge >= 0.3 is 5.97 Å².